The van der Waals surface area contributed by atoms with Crippen molar-refractivity contribution in [3.63, 3.8) is 0 Å². The van der Waals surface area contributed by atoms with Gasteiger partial charge < -0.3 is 4.90 Å². The molecule has 2 rings (SSSR count). The van der Waals surface area contributed by atoms with E-state index in [1.165, 1.54) is 18.2 Å². The smallest absolute Gasteiger partial charge is 0.155 e. The number of nitrogens with zero attached hydrogens (tertiary/aromatic N) is 1. The summed E-state index contributed by atoms with van der Waals surface area (Å²) in [6.07, 6.45) is 0.481. The van der Waals surface area contributed by atoms with Crippen LogP contribution in [0.25, 0.3) is 0 Å². The van der Waals surface area contributed by atoms with Gasteiger partial charge in [-0.25, -0.2) is 8.78 Å². The Morgan fingerprint density at radius 3 is 2.35 bits per heavy atom. The predicted octanol–water partition coefficient (Wildman–Crippen LogP) is 3.97. The summed E-state index contributed by atoms with van der Waals surface area (Å²) in [6.45, 7) is 1.80. The van der Waals surface area contributed by atoms with E-state index in [1.54, 1.807) is 43.1 Å². The first-order chi connectivity index (χ1) is 9.56. The monoisotopic (exact) mass is 275 g/mol. The summed E-state index contributed by atoms with van der Waals surface area (Å²) < 4.78 is 27.4. The molecule has 0 heterocycles. The van der Waals surface area contributed by atoms with Crippen LogP contribution >= 0.6 is 0 Å². The molecule has 0 spiro atoms. The fraction of sp³-hybridized carbons (Fsp3) is 0.188. The summed E-state index contributed by atoms with van der Waals surface area (Å²) >= 11 is 0. The zero-order chi connectivity index (χ0) is 14.7. The Balaban J connectivity index is 2.41. The maximum atomic E-state index is 13.8. The average Bonchev–Trinajstić information content (AvgIpc) is 2.46. The molecule has 0 saturated carbocycles. The SMILES string of the molecule is CC(c1ccccc1F)N(C)c1cccc(F)c1C=O. The van der Waals surface area contributed by atoms with E-state index in [9.17, 15) is 13.6 Å². The zero-order valence-electron chi connectivity index (χ0n) is 11.3. The summed E-state index contributed by atoms with van der Waals surface area (Å²) in [5.74, 6) is -0.902. The second-order valence-electron chi connectivity index (χ2n) is 4.60. The number of hydrogen-bond acceptors (Lipinski definition) is 2. The minimum atomic E-state index is -0.579. The van der Waals surface area contributed by atoms with Crippen molar-refractivity contribution in [3.05, 3.63) is 65.2 Å². The molecule has 0 aliphatic carbocycles. The lowest BCUT2D eigenvalue weighted by molar-refractivity contribution is 0.112. The first-order valence-corrected chi connectivity index (χ1v) is 6.27. The van der Waals surface area contributed by atoms with Crippen molar-refractivity contribution >= 4 is 12.0 Å². The molecule has 2 aromatic carbocycles. The molecule has 2 aromatic rings. The molecule has 20 heavy (non-hydrogen) atoms. The van der Waals surface area contributed by atoms with Gasteiger partial charge in [-0.05, 0) is 25.1 Å². The van der Waals surface area contributed by atoms with E-state index in [0.29, 0.717) is 17.5 Å². The van der Waals surface area contributed by atoms with Gasteiger partial charge in [0.25, 0.3) is 0 Å². The second kappa shape index (κ2) is 5.82. The molecular weight excluding hydrogens is 260 g/mol. The molecule has 0 aromatic heterocycles. The number of rotatable bonds is 4. The van der Waals surface area contributed by atoms with Crippen LogP contribution in [0.15, 0.2) is 42.5 Å². The molecule has 0 bridgehead atoms. The third kappa shape index (κ3) is 2.54. The largest absolute Gasteiger partial charge is 0.367 e. The summed E-state index contributed by atoms with van der Waals surface area (Å²) in [7, 11) is 1.71. The van der Waals surface area contributed by atoms with Crippen LogP contribution < -0.4 is 4.90 Å². The van der Waals surface area contributed by atoms with Crippen LogP contribution in [0.1, 0.15) is 28.9 Å². The molecule has 0 N–H and O–H groups in total. The highest BCUT2D eigenvalue weighted by Crippen LogP contribution is 2.29. The highest BCUT2D eigenvalue weighted by molar-refractivity contribution is 5.85. The summed E-state index contributed by atoms with van der Waals surface area (Å²) in [6, 6.07) is 10.5. The van der Waals surface area contributed by atoms with Gasteiger partial charge in [-0.1, -0.05) is 24.3 Å². The molecule has 0 aliphatic rings. The molecule has 4 heteroatoms. The van der Waals surface area contributed by atoms with E-state index in [-0.39, 0.29) is 17.4 Å². The van der Waals surface area contributed by atoms with Gasteiger partial charge in [-0.3, -0.25) is 4.79 Å². The minimum absolute atomic E-state index is 0.0156. The van der Waals surface area contributed by atoms with E-state index >= 15 is 0 Å². The number of anilines is 1. The summed E-state index contributed by atoms with van der Waals surface area (Å²) in [5, 5.41) is 0. The maximum Gasteiger partial charge on any atom is 0.155 e. The van der Waals surface area contributed by atoms with Gasteiger partial charge in [0.15, 0.2) is 6.29 Å². The zero-order valence-corrected chi connectivity index (χ0v) is 11.3. The fourth-order valence-corrected chi connectivity index (χ4v) is 2.18. The Bertz CT molecular complexity index is 628. The molecule has 0 radical (unpaired) electrons. The van der Waals surface area contributed by atoms with Crippen molar-refractivity contribution in [3.8, 4) is 0 Å². The number of halogens is 2. The Morgan fingerprint density at radius 1 is 1.05 bits per heavy atom. The van der Waals surface area contributed by atoms with E-state index in [1.807, 2.05) is 0 Å². The summed E-state index contributed by atoms with van der Waals surface area (Å²) in [5.41, 5.74) is 0.921. The van der Waals surface area contributed by atoms with Gasteiger partial charge in [0.05, 0.1) is 17.3 Å². The maximum absolute atomic E-state index is 13.8. The van der Waals surface area contributed by atoms with Crippen LogP contribution in [0, 0.1) is 11.6 Å². The Kier molecular flexibility index (Phi) is 4.13. The Morgan fingerprint density at radius 2 is 1.70 bits per heavy atom. The van der Waals surface area contributed by atoms with Crippen molar-refractivity contribution in [2.45, 2.75) is 13.0 Å². The normalized spacial score (nSPS) is 12.0. The standard InChI is InChI=1S/C16H15F2NO/c1-11(12-6-3-4-7-14(12)17)19(2)16-9-5-8-15(18)13(16)10-20/h3-11H,1-2H3. The topological polar surface area (TPSA) is 20.3 Å². The molecule has 0 amide bonds. The second-order valence-corrected chi connectivity index (χ2v) is 4.60. The number of aldehydes is 1. The Hall–Kier alpha value is -2.23. The van der Waals surface area contributed by atoms with Gasteiger partial charge >= 0.3 is 0 Å². The number of carbonyl (C=O) groups is 1. The molecule has 1 atom stereocenters. The molecule has 104 valence electrons. The Labute approximate surface area is 116 Å². The number of hydrogen-bond donors (Lipinski definition) is 0. The lowest BCUT2D eigenvalue weighted by Gasteiger charge is -2.28. The van der Waals surface area contributed by atoms with Gasteiger partial charge in [-0.2, -0.15) is 0 Å². The molecule has 0 aliphatic heterocycles. The lowest BCUT2D eigenvalue weighted by Crippen LogP contribution is -2.24. The van der Waals surface area contributed by atoms with Crippen LogP contribution in [0.3, 0.4) is 0 Å². The van der Waals surface area contributed by atoms with Gasteiger partial charge in [-0.15, -0.1) is 0 Å². The van der Waals surface area contributed by atoms with Crippen molar-refractivity contribution < 1.29 is 13.6 Å². The first-order valence-electron chi connectivity index (χ1n) is 6.27. The van der Waals surface area contributed by atoms with Crippen molar-refractivity contribution in [2.24, 2.45) is 0 Å². The van der Waals surface area contributed by atoms with Crippen LogP contribution in [0.4, 0.5) is 14.5 Å². The van der Waals surface area contributed by atoms with Crippen molar-refractivity contribution in [1.29, 1.82) is 0 Å². The van der Waals surface area contributed by atoms with Crippen LogP contribution in [-0.4, -0.2) is 13.3 Å². The van der Waals surface area contributed by atoms with E-state index < -0.39 is 5.82 Å². The van der Waals surface area contributed by atoms with Gasteiger partial charge in [0, 0.05) is 12.6 Å². The highest BCUT2D eigenvalue weighted by atomic mass is 19.1. The van der Waals surface area contributed by atoms with E-state index in [2.05, 4.69) is 0 Å². The minimum Gasteiger partial charge on any atom is -0.367 e. The molecule has 2 nitrogen and oxygen atoms in total. The molecular formula is C16H15F2NO. The predicted molar refractivity (Wildman–Crippen MR) is 75.0 cm³/mol. The molecule has 0 saturated heterocycles. The highest BCUT2D eigenvalue weighted by Gasteiger charge is 2.19. The number of benzene rings is 2. The van der Waals surface area contributed by atoms with Crippen LogP contribution in [0.5, 0.6) is 0 Å². The van der Waals surface area contributed by atoms with E-state index in [0.717, 1.165) is 0 Å². The van der Waals surface area contributed by atoms with Crippen molar-refractivity contribution in [1.82, 2.24) is 0 Å². The average molecular weight is 275 g/mol. The molecule has 0 fully saturated rings. The van der Waals surface area contributed by atoms with Crippen molar-refractivity contribution in [2.75, 3.05) is 11.9 Å². The van der Waals surface area contributed by atoms with Crippen LogP contribution in [0.2, 0.25) is 0 Å². The van der Waals surface area contributed by atoms with Crippen LogP contribution in [-0.2, 0) is 0 Å². The fourth-order valence-electron chi connectivity index (χ4n) is 2.18. The lowest BCUT2D eigenvalue weighted by atomic mass is 10.0. The van der Waals surface area contributed by atoms with Gasteiger partial charge in [0.2, 0.25) is 0 Å². The quantitative estimate of drug-likeness (QED) is 0.787. The first kappa shape index (κ1) is 14.2. The van der Waals surface area contributed by atoms with Gasteiger partial charge in [0.1, 0.15) is 11.6 Å². The number of carbonyl (C=O) groups excluding carboxylic acids is 1. The molecule has 1 unspecified atom stereocenters. The van der Waals surface area contributed by atoms with E-state index in [4.69, 9.17) is 0 Å². The third-order valence-corrected chi connectivity index (χ3v) is 3.46. The third-order valence-electron chi connectivity index (χ3n) is 3.46. The summed E-state index contributed by atoms with van der Waals surface area (Å²) in [4.78, 5) is 12.7.